The summed E-state index contributed by atoms with van der Waals surface area (Å²) in [5.41, 5.74) is 3.39. The van der Waals surface area contributed by atoms with Gasteiger partial charge in [-0.05, 0) is 24.0 Å². The van der Waals surface area contributed by atoms with Crippen LogP contribution in [0, 0.1) is 11.3 Å². The van der Waals surface area contributed by atoms with E-state index >= 15 is 0 Å². The number of aromatic nitrogens is 3. The number of nitrogens with zero attached hydrogens (tertiary/aromatic N) is 4. The molecule has 5 rings (SSSR count). The van der Waals surface area contributed by atoms with Crippen molar-refractivity contribution < 1.29 is 0 Å². The molecule has 35 heavy (non-hydrogen) atoms. The quantitative estimate of drug-likeness (QED) is 0.319. The van der Waals surface area contributed by atoms with Crippen LogP contribution in [-0.4, -0.2) is 20.8 Å². The van der Waals surface area contributed by atoms with Gasteiger partial charge in [0, 0.05) is 12.1 Å². The lowest BCUT2D eigenvalue weighted by molar-refractivity contribution is 0.933. The molecule has 0 aliphatic heterocycles. The molecule has 0 spiro atoms. The molecule has 170 valence electrons. The molecule has 7 heteroatoms. The highest BCUT2D eigenvalue weighted by Gasteiger charge is 2.22. The van der Waals surface area contributed by atoms with Crippen LogP contribution in [0.4, 0.5) is 5.95 Å². The van der Waals surface area contributed by atoms with Gasteiger partial charge >= 0.3 is 0 Å². The van der Waals surface area contributed by atoms with Crippen molar-refractivity contribution in [2.75, 3.05) is 11.6 Å². The maximum Gasteiger partial charge on any atom is 0.269 e. The minimum Gasteiger partial charge on any atom is -0.351 e. The van der Waals surface area contributed by atoms with E-state index in [9.17, 15) is 10.1 Å². The Labute approximate surface area is 206 Å². The maximum atomic E-state index is 14.1. The first-order chi connectivity index (χ1) is 17.2. The summed E-state index contributed by atoms with van der Waals surface area (Å²) < 4.78 is 1.55. The number of hydrogen-bond donors (Lipinski definition) is 1. The summed E-state index contributed by atoms with van der Waals surface area (Å²) in [6, 6.07) is 31.0. The van der Waals surface area contributed by atoms with Gasteiger partial charge in [0.15, 0.2) is 0 Å². The fourth-order valence-electron chi connectivity index (χ4n) is 4.00. The third-order valence-electron chi connectivity index (χ3n) is 5.64. The summed E-state index contributed by atoms with van der Waals surface area (Å²) in [5.74, 6) is 0.367. The Bertz CT molecular complexity index is 1590. The second-order valence-corrected chi connectivity index (χ2v) is 8.59. The maximum absolute atomic E-state index is 14.1. The van der Waals surface area contributed by atoms with Crippen LogP contribution in [0.2, 0.25) is 0 Å². The SMILES string of the molecule is CSc1nc(-c2ccccc2)c2c(=O)n(-c3ccccc3)c(NCc3ccccc3)nc2c1C#N. The summed E-state index contributed by atoms with van der Waals surface area (Å²) in [4.78, 5) is 23.8. The Morgan fingerprint density at radius 3 is 2.17 bits per heavy atom. The van der Waals surface area contributed by atoms with E-state index in [4.69, 9.17) is 9.97 Å². The van der Waals surface area contributed by atoms with Crippen LogP contribution in [0.3, 0.4) is 0 Å². The highest BCUT2D eigenvalue weighted by atomic mass is 32.2. The van der Waals surface area contributed by atoms with Crippen LogP contribution >= 0.6 is 11.8 Å². The van der Waals surface area contributed by atoms with E-state index in [2.05, 4.69) is 11.4 Å². The van der Waals surface area contributed by atoms with Gasteiger partial charge in [-0.25, -0.2) is 14.5 Å². The van der Waals surface area contributed by atoms with Gasteiger partial charge < -0.3 is 5.32 Å². The third kappa shape index (κ3) is 4.27. The summed E-state index contributed by atoms with van der Waals surface area (Å²) in [5, 5.41) is 14.2. The zero-order valence-corrected chi connectivity index (χ0v) is 19.8. The molecule has 0 fully saturated rings. The van der Waals surface area contributed by atoms with Gasteiger partial charge in [-0.3, -0.25) is 4.79 Å². The fraction of sp³-hybridized carbons (Fsp3) is 0.0714. The largest absolute Gasteiger partial charge is 0.351 e. The molecule has 0 saturated heterocycles. The van der Waals surface area contributed by atoms with Gasteiger partial charge in [0.1, 0.15) is 22.2 Å². The zero-order chi connectivity index (χ0) is 24.2. The molecule has 0 aliphatic rings. The predicted molar refractivity (Wildman–Crippen MR) is 141 cm³/mol. The zero-order valence-electron chi connectivity index (χ0n) is 19.0. The van der Waals surface area contributed by atoms with Gasteiger partial charge in [-0.1, -0.05) is 78.9 Å². The van der Waals surface area contributed by atoms with E-state index in [1.807, 2.05) is 97.3 Å². The molecule has 0 unspecified atom stereocenters. The number of hydrogen-bond acceptors (Lipinski definition) is 6. The number of fused-ring (bicyclic) bond motifs is 1. The lowest BCUT2D eigenvalue weighted by Gasteiger charge is -2.17. The Hall–Kier alpha value is -4.41. The molecular formula is C28H21N5OS. The number of pyridine rings is 1. The van der Waals surface area contributed by atoms with Crippen molar-refractivity contribution in [1.82, 2.24) is 14.5 Å². The standard InChI is InChI=1S/C28H21N5OS/c1-35-26-22(17-29)25-23(24(31-26)20-13-7-3-8-14-20)27(34)33(21-15-9-4-10-16-21)28(32-25)30-18-19-11-5-2-6-12-19/h2-16H,18H2,1H3,(H,30,32). The van der Waals surface area contributed by atoms with Gasteiger partial charge in [0.2, 0.25) is 5.95 Å². The minimum atomic E-state index is -0.285. The number of nitriles is 1. The average molecular weight is 476 g/mol. The molecule has 2 aromatic heterocycles. The van der Waals surface area contributed by atoms with Gasteiger partial charge in [0.25, 0.3) is 5.56 Å². The first-order valence-corrected chi connectivity index (χ1v) is 12.3. The van der Waals surface area contributed by atoms with Crippen LogP contribution < -0.4 is 10.9 Å². The number of para-hydroxylation sites is 1. The van der Waals surface area contributed by atoms with E-state index in [0.29, 0.717) is 45.4 Å². The van der Waals surface area contributed by atoms with Crippen LogP contribution in [0.5, 0.6) is 0 Å². The molecule has 0 aliphatic carbocycles. The second kappa shape index (κ2) is 9.84. The molecule has 3 aromatic carbocycles. The normalized spacial score (nSPS) is 10.7. The van der Waals surface area contributed by atoms with E-state index in [0.717, 1.165) is 11.1 Å². The average Bonchev–Trinajstić information content (AvgIpc) is 2.92. The van der Waals surface area contributed by atoms with E-state index < -0.39 is 0 Å². The highest BCUT2D eigenvalue weighted by molar-refractivity contribution is 7.98. The van der Waals surface area contributed by atoms with Gasteiger partial charge in [-0.2, -0.15) is 5.26 Å². The lowest BCUT2D eigenvalue weighted by Crippen LogP contribution is -2.25. The van der Waals surface area contributed by atoms with Crippen molar-refractivity contribution in [3.05, 3.63) is 112 Å². The minimum absolute atomic E-state index is 0.285. The van der Waals surface area contributed by atoms with Crippen LogP contribution in [0.25, 0.3) is 27.8 Å². The molecular weight excluding hydrogens is 454 g/mol. The molecule has 0 saturated carbocycles. The van der Waals surface area contributed by atoms with Crippen LogP contribution in [-0.2, 0) is 6.54 Å². The van der Waals surface area contributed by atoms with Gasteiger partial charge in [0.05, 0.1) is 16.8 Å². The molecule has 6 nitrogen and oxygen atoms in total. The summed E-state index contributed by atoms with van der Waals surface area (Å²) in [6.07, 6.45) is 1.86. The lowest BCUT2D eigenvalue weighted by atomic mass is 10.1. The molecule has 5 aromatic rings. The van der Waals surface area contributed by atoms with Crippen molar-refractivity contribution in [1.29, 1.82) is 5.26 Å². The Kier molecular flexibility index (Phi) is 6.29. The Morgan fingerprint density at radius 2 is 1.54 bits per heavy atom. The van der Waals surface area contributed by atoms with Crippen molar-refractivity contribution in [2.45, 2.75) is 11.6 Å². The molecule has 0 bridgehead atoms. The number of nitrogens with one attached hydrogen (secondary N) is 1. The smallest absolute Gasteiger partial charge is 0.269 e. The number of benzene rings is 3. The first-order valence-electron chi connectivity index (χ1n) is 11.0. The predicted octanol–water partition coefficient (Wildman–Crippen LogP) is 5.65. The number of thioether (sulfide) groups is 1. The number of anilines is 1. The molecule has 0 radical (unpaired) electrons. The molecule has 0 amide bonds. The van der Waals surface area contributed by atoms with Crippen LogP contribution in [0.1, 0.15) is 11.1 Å². The summed E-state index contributed by atoms with van der Waals surface area (Å²) >= 11 is 1.36. The highest BCUT2D eigenvalue weighted by Crippen LogP contribution is 2.32. The van der Waals surface area contributed by atoms with E-state index in [1.165, 1.54) is 11.8 Å². The van der Waals surface area contributed by atoms with Gasteiger partial charge in [-0.15, -0.1) is 11.8 Å². The summed E-state index contributed by atoms with van der Waals surface area (Å²) in [7, 11) is 0. The fourth-order valence-corrected chi connectivity index (χ4v) is 4.52. The molecule has 0 atom stereocenters. The second-order valence-electron chi connectivity index (χ2n) is 7.80. The van der Waals surface area contributed by atoms with E-state index in [-0.39, 0.29) is 5.56 Å². The Balaban J connectivity index is 1.84. The monoisotopic (exact) mass is 475 g/mol. The first kappa shape index (κ1) is 22.4. The van der Waals surface area contributed by atoms with Crippen molar-refractivity contribution in [3.8, 4) is 23.0 Å². The molecule has 2 heterocycles. The van der Waals surface area contributed by atoms with E-state index in [1.54, 1.807) is 4.57 Å². The van der Waals surface area contributed by atoms with Crippen LogP contribution in [0.15, 0.2) is 101 Å². The van der Waals surface area contributed by atoms with Crippen molar-refractivity contribution in [3.63, 3.8) is 0 Å². The molecule has 1 N–H and O–H groups in total. The van der Waals surface area contributed by atoms with Crippen molar-refractivity contribution >= 4 is 28.6 Å². The number of rotatable bonds is 6. The topological polar surface area (TPSA) is 83.6 Å². The van der Waals surface area contributed by atoms with Crippen molar-refractivity contribution in [2.24, 2.45) is 0 Å². The Morgan fingerprint density at radius 1 is 0.914 bits per heavy atom. The third-order valence-corrected chi connectivity index (χ3v) is 6.33. The summed E-state index contributed by atoms with van der Waals surface area (Å²) in [6.45, 7) is 0.472.